The highest BCUT2D eigenvalue weighted by Crippen LogP contribution is 2.46. The van der Waals surface area contributed by atoms with Crippen molar-refractivity contribution in [3.63, 3.8) is 0 Å². The number of benzene rings is 3. The van der Waals surface area contributed by atoms with Gasteiger partial charge in [0.15, 0.2) is 23.0 Å². The van der Waals surface area contributed by atoms with Crippen molar-refractivity contribution in [1.82, 2.24) is 4.90 Å². The molecule has 3 aromatic rings. The molecule has 6 rings (SSSR count). The Hall–Kier alpha value is -4.66. The van der Waals surface area contributed by atoms with Gasteiger partial charge < -0.3 is 34.8 Å². The number of aromatic hydroxyl groups is 2. The summed E-state index contributed by atoms with van der Waals surface area (Å²) in [6.07, 6.45) is 2.44. The van der Waals surface area contributed by atoms with Crippen LogP contribution in [0.1, 0.15) is 39.0 Å². The third-order valence-corrected chi connectivity index (χ3v) is 6.43. The molecule has 184 valence electrons. The van der Waals surface area contributed by atoms with Crippen molar-refractivity contribution >= 4 is 23.7 Å². The summed E-state index contributed by atoms with van der Waals surface area (Å²) in [4.78, 5) is 23.6. The smallest absolute Gasteiger partial charge is 0.335 e. The molecule has 3 aromatic carbocycles. The van der Waals surface area contributed by atoms with Gasteiger partial charge in [-0.05, 0) is 54.0 Å². The Morgan fingerprint density at radius 3 is 2.36 bits per heavy atom. The molecule has 0 aliphatic carbocycles. The molecular formula is C27H23NO8. The summed E-state index contributed by atoms with van der Waals surface area (Å²) in [5.74, 6) is -0.749. The average Bonchev–Trinajstić information content (AvgIpc) is 3.33. The van der Waals surface area contributed by atoms with Gasteiger partial charge in [0, 0.05) is 29.4 Å². The van der Waals surface area contributed by atoms with E-state index >= 15 is 0 Å². The molecule has 36 heavy (non-hydrogen) atoms. The van der Waals surface area contributed by atoms with Crippen molar-refractivity contribution in [2.24, 2.45) is 0 Å². The molecule has 0 saturated heterocycles. The lowest BCUT2D eigenvalue weighted by Gasteiger charge is -2.42. The van der Waals surface area contributed by atoms with Gasteiger partial charge in [-0.1, -0.05) is 24.3 Å². The third kappa shape index (κ3) is 4.26. The lowest BCUT2D eigenvalue weighted by atomic mass is 9.85. The number of fused-ring (bicyclic) bond motifs is 5. The van der Waals surface area contributed by atoms with E-state index in [2.05, 4.69) is 0 Å². The molecule has 3 heterocycles. The number of ether oxygens (including phenoxy) is 2. The summed E-state index contributed by atoms with van der Waals surface area (Å²) in [6.45, 7) is 0.503. The van der Waals surface area contributed by atoms with E-state index in [0.717, 1.165) is 22.4 Å². The molecule has 0 aromatic heterocycles. The first kappa shape index (κ1) is 23.1. The van der Waals surface area contributed by atoms with Gasteiger partial charge in [0.25, 0.3) is 0 Å². The van der Waals surface area contributed by atoms with E-state index in [4.69, 9.17) is 14.6 Å². The molecule has 3 aliphatic rings. The maximum atomic E-state index is 11.4. The van der Waals surface area contributed by atoms with Crippen molar-refractivity contribution in [3.05, 3.63) is 82.4 Å². The monoisotopic (exact) mass is 489 g/mol. The second kappa shape index (κ2) is 9.18. The molecule has 0 fully saturated rings. The van der Waals surface area contributed by atoms with Gasteiger partial charge in [-0.15, -0.1) is 0 Å². The number of nitrogens with zero attached hydrogens (tertiary/aromatic N) is 1. The fraction of sp³-hybridized carbons (Fsp3) is 0.185. The highest BCUT2D eigenvalue weighted by atomic mass is 16.7. The normalized spacial score (nSPS) is 16.5. The van der Waals surface area contributed by atoms with E-state index < -0.39 is 11.9 Å². The third-order valence-electron chi connectivity index (χ3n) is 6.43. The number of carbonyl (C=O) groups is 2. The van der Waals surface area contributed by atoms with Crippen LogP contribution in [0.4, 0.5) is 0 Å². The van der Waals surface area contributed by atoms with Crippen molar-refractivity contribution < 1.29 is 39.5 Å². The van der Waals surface area contributed by atoms with Crippen molar-refractivity contribution in [2.75, 3.05) is 6.79 Å². The number of hydrogen-bond donors (Lipinski definition) is 4. The molecule has 3 aliphatic heterocycles. The molecule has 4 N–H and O–H groups in total. The molecule has 0 radical (unpaired) electrons. The number of rotatable bonds is 3. The zero-order chi connectivity index (χ0) is 25.4. The van der Waals surface area contributed by atoms with Gasteiger partial charge >= 0.3 is 11.9 Å². The highest BCUT2D eigenvalue weighted by Gasteiger charge is 2.36. The lowest BCUT2D eigenvalue weighted by Crippen LogP contribution is -2.41. The largest absolute Gasteiger partial charge is 0.504 e. The number of phenols is 2. The van der Waals surface area contributed by atoms with Crippen LogP contribution in [0.3, 0.4) is 0 Å². The molecule has 1 unspecified atom stereocenters. The van der Waals surface area contributed by atoms with E-state index in [1.165, 1.54) is 6.07 Å². The van der Waals surface area contributed by atoms with Crippen LogP contribution in [0.25, 0.3) is 11.8 Å². The number of phenolic OH excluding ortho intramolecular Hbond substituents is 2. The van der Waals surface area contributed by atoms with Gasteiger partial charge in [-0.2, -0.15) is 0 Å². The van der Waals surface area contributed by atoms with E-state index in [1.807, 2.05) is 23.1 Å². The van der Waals surface area contributed by atoms with Crippen LogP contribution in [-0.2, 0) is 17.8 Å². The van der Waals surface area contributed by atoms with Crippen LogP contribution >= 0.6 is 0 Å². The average molecular weight is 489 g/mol. The van der Waals surface area contributed by atoms with Gasteiger partial charge in [0.1, 0.15) is 0 Å². The maximum absolute atomic E-state index is 11.4. The zero-order valence-corrected chi connectivity index (χ0v) is 19.0. The second-order valence-electron chi connectivity index (χ2n) is 8.65. The molecule has 0 amide bonds. The van der Waals surface area contributed by atoms with E-state index in [9.17, 15) is 24.9 Å². The Kier molecular flexibility index (Phi) is 5.89. The van der Waals surface area contributed by atoms with Crippen LogP contribution in [0.2, 0.25) is 0 Å². The van der Waals surface area contributed by atoms with Gasteiger partial charge in [0.05, 0.1) is 12.0 Å². The van der Waals surface area contributed by atoms with Crippen molar-refractivity contribution in [1.29, 1.82) is 0 Å². The molecule has 0 spiro atoms. The summed E-state index contributed by atoms with van der Waals surface area (Å²) in [5, 5.41) is 37.9. The van der Waals surface area contributed by atoms with Crippen molar-refractivity contribution in [3.8, 4) is 23.0 Å². The van der Waals surface area contributed by atoms with Crippen LogP contribution in [0.5, 0.6) is 23.0 Å². The van der Waals surface area contributed by atoms with Gasteiger partial charge in [0.2, 0.25) is 6.79 Å². The van der Waals surface area contributed by atoms with Crippen molar-refractivity contribution in [2.45, 2.75) is 25.4 Å². The molecule has 0 bridgehead atoms. The number of aromatic carboxylic acids is 1. The Bertz CT molecular complexity index is 1380. The van der Waals surface area contributed by atoms with Crippen LogP contribution in [0.15, 0.2) is 54.6 Å². The summed E-state index contributed by atoms with van der Waals surface area (Å²) in [5.41, 5.74) is 4.60. The molecule has 9 nitrogen and oxygen atoms in total. The first-order valence-corrected chi connectivity index (χ1v) is 11.3. The Balaban J connectivity index is 0.000000252. The van der Waals surface area contributed by atoms with Crippen LogP contribution < -0.4 is 9.47 Å². The summed E-state index contributed by atoms with van der Waals surface area (Å²) in [6, 6.07) is 15.1. The van der Waals surface area contributed by atoms with E-state index in [1.54, 1.807) is 36.4 Å². The van der Waals surface area contributed by atoms with E-state index in [0.29, 0.717) is 35.6 Å². The molecule has 9 heteroatoms. The summed E-state index contributed by atoms with van der Waals surface area (Å²) in [7, 11) is 0. The number of carboxylic acid groups (broad SMARTS) is 2. The predicted octanol–water partition coefficient (Wildman–Crippen LogP) is 3.92. The Labute approximate surface area is 206 Å². The fourth-order valence-electron chi connectivity index (χ4n) is 4.71. The first-order valence-electron chi connectivity index (χ1n) is 11.3. The van der Waals surface area contributed by atoms with Gasteiger partial charge in [-0.25, -0.2) is 4.79 Å². The summed E-state index contributed by atoms with van der Waals surface area (Å²) >= 11 is 0. The minimum absolute atomic E-state index is 0.0276. The lowest BCUT2D eigenvalue weighted by molar-refractivity contribution is -0.138. The minimum Gasteiger partial charge on any atom is -0.504 e. The number of aliphatic carboxylic acids is 1. The zero-order valence-electron chi connectivity index (χ0n) is 19.0. The quantitative estimate of drug-likeness (QED) is 0.403. The maximum Gasteiger partial charge on any atom is 0.335 e. The van der Waals surface area contributed by atoms with E-state index in [-0.39, 0.29) is 30.8 Å². The molecular weight excluding hydrogens is 466 g/mol. The van der Waals surface area contributed by atoms with Crippen LogP contribution in [0, 0.1) is 0 Å². The first-order chi connectivity index (χ1) is 17.3. The number of carboxylic acids is 2. The Morgan fingerprint density at radius 1 is 0.972 bits per heavy atom. The Morgan fingerprint density at radius 2 is 1.69 bits per heavy atom. The van der Waals surface area contributed by atoms with Gasteiger partial charge in [-0.3, -0.25) is 4.79 Å². The molecule has 0 saturated carbocycles. The highest BCUT2D eigenvalue weighted by molar-refractivity contribution is 5.88. The summed E-state index contributed by atoms with van der Waals surface area (Å²) < 4.78 is 11.0. The molecule has 1 atom stereocenters. The SMILES string of the molecule is O=C(O)CC1Cc2cc3c(cc2C2=Cc4ccc(O)c(O)c4CN21)OCO3.O=C(O)c1ccccc1. The second-order valence-corrected chi connectivity index (χ2v) is 8.65. The standard InChI is InChI=1S/C20H17NO6.C7H6O2/c22-16-2-1-10-4-15-13-7-18-17(26-9-27-18)5-11(13)3-12(6-19(23)24)21(15)8-14(10)20(16)25;8-7(9)6-4-2-1-3-5-6/h1-2,4-5,7,12,22,25H,3,6,8-9H2,(H,23,24);1-5H,(H,8,9). The fourth-order valence-corrected chi connectivity index (χ4v) is 4.71. The number of hydrogen-bond acceptors (Lipinski definition) is 7. The minimum atomic E-state index is -0.880. The predicted molar refractivity (Wildman–Crippen MR) is 129 cm³/mol. The topological polar surface area (TPSA) is 137 Å². The van der Waals surface area contributed by atoms with Crippen LogP contribution in [-0.4, -0.2) is 50.1 Å².